The summed E-state index contributed by atoms with van der Waals surface area (Å²) in [4.78, 5) is 12.4. The van der Waals surface area contributed by atoms with Gasteiger partial charge in [-0.15, -0.1) is 0 Å². The number of hydrogen-bond donors (Lipinski definition) is 0. The lowest BCUT2D eigenvalue weighted by Gasteiger charge is -2.25. The van der Waals surface area contributed by atoms with Gasteiger partial charge in [-0.05, 0) is 25.1 Å². The molecule has 25 heavy (non-hydrogen) atoms. The molecule has 0 aromatic heterocycles. The van der Waals surface area contributed by atoms with Gasteiger partial charge in [-0.2, -0.15) is 5.26 Å². The van der Waals surface area contributed by atoms with Gasteiger partial charge in [-0.25, -0.2) is 4.79 Å². The minimum absolute atomic E-state index is 0.0215. The van der Waals surface area contributed by atoms with Crippen molar-refractivity contribution in [1.82, 2.24) is 0 Å². The van der Waals surface area contributed by atoms with E-state index in [4.69, 9.17) is 35.8 Å². The lowest BCUT2D eigenvalue weighted by Crippen LogP contribution is -2.39. The molecule has 1 aliphatic heterocycles. The van der Waals surface area contributed by atoms with E-state index in [1.54, 1.807) is 25.1 Å². The molecule has 0 fully saturated rings. The first-order valence-corrected chi connectivity index (χ1v) is 7.96. The number of nitriles is 1. The van der Waals surface area contributed by atoms with E-state index in [-0.39, 0.29) is 23.1 Å². The lowest BCUT2D eigenvalue weighted by atomic mass is 10.2. The fraction of sp³-hybridized carbons (Fsp3) is 0.222. The van der Waals surface area contributed by atoms with Gasteiger partial charge in [-0.1, -0.05) is 23.7 Å². The van der Waals surface area contributed by atoms with Crippen LogP contribution in [0.5, 0.6) is 23.0 Å². The van der Waals surface area contributed by atoms with Crippen LogP contribution in [0.4, 0.5) is 0 Å². The highest BCUT2D eigenvalue weighted by atomic mass is 35.5. The number of carbonyl (C=O) groups excluding carboxylic acids is 1. The van der Waals surface area contributed by atoms with Crippen molar-refractivity contribution in [2.45, 2.75) is 13.0 Å². The average Bonchev–Trinajstić information content (AvgIpc) is 2.63. The molecule has 0 radical (unpaired) electrons. The van der Waals surface area contributed by atoms with Crippen molar-refractivity contribution in [3.63, 3.8) is 0 Å². The Labute approximate surface area is 149 Å². The van der Waals surface area contributed by atoms with Crippen molar-refractivity contribution in [3.05, 3.63) is 47.0 Å². The highest BCUT2D eigenvalue weighted by Gasteiger charge is 2.30. The second-order valence-electron chi connectivity index (χ2n) is 5.12. The summed E-state index contributed by atoms with van der Waals surface area (Å²) in [6.07, 6.45) is -0.934. The Bertz CT molecular complexity index is 846. The van der Waals surface area contributed by atoms with Crippen molar-refractivity contribution >= 4 is 17.6 Å². The van der Waals surface area contributed by atoms with Gasteiger partial charge in [0.25, 0.3) is 0 Å². The largest absolute Gasteiger partial charge is 0.490 e. The van der Waals surface area contributed by atoms with E-state index < -0.39 is 12.1 Å². The molecule has 128 valence electrons. The minimum Gasteiger partial charge on any atom is -0.490 e. The Morgan fingerprint density at radius 1 is 1.36 bits per heavy atom. The molecule has 0 aliphatic carbocycles. The summed E-state index contributed by atoms with van der Waals surface area (Å²) in [7, 11) is 0. The smallest absolute Gasteiger partial charge is 0.356 e. The van der Waals surface area contributed by atoms with Gasteiger partial charge in [0.2, 0.25) is 6.10 Å². The highest BCUT2D eigenvalue weighted by molar-refractivity contribution is 6.32. The monoisotopic (exact) mass is 359 g/mol. The molecule has 7 heteroatoms. The number of halogens is 1. The fourth-order valence-electron chi connectivity index (χ4n) is 2.30. The molecular weight excluding hydrogens is 346 g/mol. The van der Waals surface area contributed by atoms with Gasteiger partial charge >= 0.3 is 5.97 Å². The molecular formula is C18H14ClNO5. The molecule has 0 N–H and O–H groups in total. The summed E-state index contributed by atoms with van der Waals surface area (Å²) < 4.78 is 21.9. The quantitative estimate of drug-likeness (QED) is 0.615. The standard InChI is InChI=1S/C18H14ClNO5/c1-2-22-15-8-11(9-20)7-12(19)17(15)25-18(21)16-10-23-13-5-3-4-6-14(13)24-16/h3-8,16H,2,10H2,1H3/t16-/m0/s1. The maximum Gasteiger partial charge on any atom is 0.356 e. The van der Waals surface area contributed by atoms with Crippen LogP contribution in [0.15, 0.2) is 36.4 Å². The zero-order valence-electron chi connectivity index (χ0n) is 13.3. The van der Waals surface area contributed by atoms with Gasteiger partial charge in [0.15, 0.2) is 23.0 Å². The molecule has 1 aliphatic rings. The van der Waals surface area contributed by atoms with Crippen LogP contribution in [0.1, 0.15) is 12.5 Å². The molecule has 2 aromatic rings. The normalized spacial score (nSPS) is 15.2. The van der Waals surface area contributed by atoms with Gasteiger partial charge in [0, 0.05) is 6.07 Å². The van der Waals surface area contributed by atoms with E-state index in [1.807, 2.05) is 12.1 Å². The van der Waals surface area contributed by atoms with Crippen LogP contribution in [-0.4, -0.2) is 25.3 Å². The van der Waals surface area contributed by atoms with E-state index in [1.165, 1.54) is 12.1 Å². The highest BCUT2D eigenvalue weighted by Crippen LogP contribution is 2.37. The van der Waals surface area contributed by atoms with Crippen molar-refractivity contribution in [2.24, 2.45) is 0 Å². The van der Waals surface area contributed by atoms with E-state index in [0.717, 1.165) is 0 Å². The van der Waals surface area contributed by atoms with E-state index >= 15 is 0 Å². The third-order valence-corrected chi connectivity index (χ3v) is 3.69. The maximum atomic E-state index is 12.4. The molecule has 2 aromatic carbocycles. The average molecular weight is 360 g/mol. The first kappa shape index (κ1) is 16.9. The zero-order valence-corrected chi connectivity index (χ0v) is 14.1. The first-order valence-electron chi connectivity index (χ1n) is 7.59. The van der Waals surface area contributed by atoms with Crippen LogP contribution in [0.3, 0.4) is 0 Å². The van der Waals surface area contributed by atoms with Crippen LogP contribution in [0.2, 0.25) is 5.02 Å². The van der Waals surface area contributed by atoms with Crippen LogP contribution in [-0.2, 0) is 4.79 Å². The Morgan fingerprint density at radius 3 is 2.84 bits per heavy atom. The summed E-state index contributed by atoms with van der Waals surface area (Å²) in [6, 6.07) is 11.9. The van der Waals surface area contributed by atoms with Crippen molar-refractivity contribution < 1.29 is 23.7 Å². The predicted molar refractivity (Wildman–Crippen MR) is 89.3 cm³/mol. The van der Waals surface area contributed by atoms with Gasteiger partial charge in [0.1, 0.15) is 6.61 Å². The number of rotatable bonds is 4. The summed E-state index contributed by atoms with van der Waals surface area (Å²) >= 11 is 6.13. The molecule has 0 unspecified atom stereocenters. The molecule has 3 rings (SSSR count). The molecule has 0 saturated heterocycles. The molecule has 1 heterocycles. The van der Waals surface area contributed by atoms with E-state index in [0.29, 0.717) is 23.7 Å². The number of benzene rings is 2. The second-order valence-corrected chi connectivity index (χ2v) is 5.52. The Balaban J connectivity index is 1.81. The van der Waals surface area contributed by atoms with Gasteiger partial charge in [-0.3, -0.25) is 0 Å². The number of para-hydroxylation sites is 2. The Hall–Kier alpha value is -2.91. The minimum atomic E-state index is -0.934. The summed E-state index contributed by atoms with van der Waals surface area (Å²) in [6.45, 7) is 2.12. The number of fused-ring (bicyclic) bond motifs is 1. The van der Waals surface area contributed by atoms with Crippen molar-refractivity contribution in [1.29, 1.82) is 5.26 Å². The fourth-order valence-corrected chi connectivity index (χ4v) is 2.55. The van der Waals surface area contributed by atoms with Crippen LogP contribution in [0.25, 0.3) is 0 Å². The van der Waals surface area contributed by atoms with Gasteiger partial charge < -0.3 is 18.9 Å². The first-order chi connectivity index (χ1) is 12.1. The number of nitrogens with zero attached hydrogens (tertiary/aromatic N) is 1. The number of carbonyl (C=O) groups is 1. The van der Waals surface area contributed by atoms with Gasteiger partial charge in [0.05, 0.1) is 23.3 Å². The summed E-state index contributed by atoms with van der Waals surface area (Å²) in [5.41, 5.74) is 0.305. The van der Waals surface area contributed by atoms with E-state index in [9.17, 15) is 4.79 Å². The zero-order chi connectivity index (χ0) is 17.8. The molecule has 0 spiro atoms. The third kappa shape index (κ3) is 3.62. The number of ether oxygens (including phenoxy) is 4. The molecule has 6 nitrogen and oxygen atoms in total. The summed E-state index contributed by atoms with van der Waals surface area (Å²) in [5, 5.41) is 9.12. The lowest BCUT2D eigenvalue weighted by molar-refractivity contribution is -0.144. The van der Waals surface area contributed by atoms with Crippen molar-refractivity contribution in [3.8, 4) is 29.1 Å². The Kier molecular flexibility index (Phi) is 4.96. The Morgan fingerprint density at radius 2 is 2.12 bits per heavy atom. The molecule has 0 bridgehead atoms. The van der Waals surface area contributed by atoms with Crippen LogP contribution in [0, 0.1) is 11.3 Å². The number of hydrogen-bond acceptors (Lipinski definition) is 6. The van der Waals surface area contributed by atoms with Crippen molar-refractivity contribution in [2.75, 3.05) is 13.2 Å². The van der Waals surface area contributed by atoms with E-state index in [2.05, 4.69) is 0 Å². The SMILES string of the molecule is CCOc1cc(C#N)cc(Cl)c1OC(=O)[C@@H]1COc2ccccc2O1. The maximum absolute atomic E-state index is 12.4. The predicted octanol–water partition coefficient (Wildman–Crippen LogP) is 3.36. The molecule has 1 atom stereocenters. The second kappa shape index (κ2) is 7.32. The van der Waals surface area contributed by atoms with Crippen LogP contribution >= 0.6 is 11.6 Å². The van der Waals surface area contributed by atoms with Crippen LogP contribution < -0.4 is 18.9 Å². The molecule has 0 amide bonds. The topological polar surface area (TPSA) is 77.8 Å². The third-order valence-electron chi connectivity index (χ3n) is 3.41. The molecule has 0 saturated carbocycles. The summed E-state index contributed by atoms with van der Waals surface area (Å²) in [5.74, 6) is 0.638. The number of esters is 1.